The summed E-state index contributed by atoms with van der Waals surface area (Å²) in [6, 6.07) is 14.6. The second kappa shape index (κ2) is 8.18. The topological polar surface area (TPSA) is 88.1 Å². The van der Waals surface area contributed by atoms with Crippen LogP contribution in [0.5, 0.6) is 0 Å². The van der Waals surface area contributed by atoms with Crippen LogP contribution in [-0.4, -0.2) is 44.8 Å². The lowest BCUT2D eigenvalue weighted by Crippen LogP contribution is -2.29. The van der Waals surface area contributed by atoms with Crippen molar-refractivity contribution in [1.82, 2.24) is 19.9 Å². The zero-order chi connectivity index (χ0) is 20.2. The summed E-state index contributed by atoms with van der Waals surface area (Å²) in [5, 5.41) is 2.85. The maximum absolute atomic E-state index is 12.6. The van der Waals surface area contributed by atoms with Crippen molar-refractivity contribution in [3.05, 3.63) is 83.7 Å². The van der Waals surface area contributed by atoms with Crippen LogP contribution in [0.25, 0.3) is 0 Å². The average Bonchev–Trinajstić information content (AvgIpc) is 3.24. The number of pyridine rings is 1. The molecule has 4 rings (SSSR count). The van der Waals surface area contributed by atoms with Gasteiger partial charge in [0.1, 0.15) is 11.5 Å². The molecule has 1 aliphatic rings. The lowest BCUT2D eigenvalue weighted by Gasteiger charge is -2.16. The van der Waals surface area contributed by atoms with Crippen LogP contribution in [0.2, 0.25) is 0 Å². The largest absolute Gasteiger partial charge is 0.337 e. The summed E-state index contributed by atoms with van der Waals surface area (Å²) >= 11 is 0. The smallest absolute Gasteiger partial charge is 0.272 e. The highest BCUT2D eigenvalue weighted by molar-refractivity contribution is 6.04. The molecule has 1 atom stereocenters. The molecular weight excluding hydrogens is 366 g/mol. The zero-order valence-corrected chi connectivity index (χ0v) is 16.1. The van der Waals surface area contributed by atoms with Gasteiger partial charge < -0.3 is 10.2 Å². The summed E-state index contributed by atoms with van der Waals surface area (Å²) in [7, 11) is 0. The molecule has 0 radical (unpaired) electrons. The van der Waals surface area contributed by atoms with Crippen LogP contribution >= 0.6 is 0 Å². The van der Waals surface area contributed by atoms with E-state index < -0.39 is 0 Å². The molecule has 1 unspecified atom stereocenters. The summed E-state index contributed by atoms with van der Waals surface area (Å²) < 4.78 is 0. The Kier molecular flexibility index (Phi) is 5.29. The van der Waals surface area contributed by atoms with Gasteiger partial charge in [-0.05, 0) is 37.6 Å². The number of aromatic nitrogens is 3. The quantitative estimate of drug-likeness (QED) is 0.743. The van der Waals surface area contributed by atoms with Crippen LogP contribution < -0.4 is 5.32 Å². The molecule has 3 heterocycles. The number of carbonyl (C=O) groups excluding carboxylic acids is 2. The number of anilines is 1. The van der Waals surface area contributed by atoms with E-state index in [0.717, 1.165) is 12.1 Å². The number of amides is 2. The third-order valence-corrected chi connectivity index (χ3v) is 5.00. The highest BCUT2D eigenvalue weighted by atomic mass is 16.2. The Balaban J connectivity index is 1.44. The fourth-order valence-electron chi connectivity index (χ4n) is 3.43. The molecule has 2 aromatic heterocycles. The molecule has 3 aromatic rings. The molecular formula is C22H21N5O2. The Bertz CT molecular complexity index is 1020. The Morgan fingerprint density at radius 2 is 1.86 bits per heavy atom. The van der Waals surface area contributed by atoms with Gasteiger partial charge in [-0.25, -0.2) is 9.97 Å². The number of carbonyl (C=O) groups is 2. The molecule has 0 bridgehead atoms. The van der Waals surface area contributed by atoms with E-state index in [2.05, 4.69) is 20.3 Å². The summed E-state index contributed by atoms with van der Waals surface area (Å²) in [6.07, 6.45) is 3.97. The van der Waals surface area contributed by atoms with Crippen molar-refractivity contribution >= 4 is 17.5 Å². The number of hydrogen-bond acceptors (Lipinski definition) is 5. The molecule has 1 N–H and O–H groups in total. The first-order valence-corrected chi connectivity index (χ1v) is 9.52. The fraction of sp³-hybridized carbons (Fsp3) is 0.227. The number of para-hydroxylation sites is 1. The fourth-order valence-corrected chi connectivity index (χ4v) is 3.43. The lowest BCUT2D eigenvalue weighted by molar-refractivity contribution is 0.0784. The van der Waals surface area contributed by atoms with Crippen molar-refractivity contribution in [2.75, 3.05) is 18.4 Å². The van der Waals surface area contributed by atoms with E-state index in [9.17, 15) is 9.59 Å². The van der Waals surface area contributed by atoms with Crippen molar-refractivity contribution in [3.63, 3.8) is 0 Å². The van der Waals surface area contributed by atoms with Gasteiger partial charge in [-0.3, -0.25) is 14.6 Å². The average molecular weight is 387 g/mol. The molecule has 0 saturated carbocycles. The molecule has 29 heavy (non-hydrogen) atoms. The Hall–Kier alpha value is -3.61. The van der Waals surface area contributed by atoms with Crippen molar-refractivity contribution in [3.8, 4) is 0 Å². The van der Waals surface area contributed by atoms with Crippen LogP contribution in [0.1, 0.15) is 44.7 Å². The third-order valence-electron chi connectivity index (χ3n) is 5.00. The van der Waals surface area contributed by atoms with E-state index in [1.54, 1.807) is 42.4 Å². The van der Waals surface area contributed by atoms with Gasteiger partial charge in [-0.1, -0.05) is 24.3 Å². The van der Waals surface area contributed by atoms with Gasteiger partial charge in [0.25, 0.3) is 11.8 Å². The SMILES string of the molecule is Cc1nc(C2CCN(C(=O)c3ccccn3)C2)ncc1C(=O)Nc1ccccc1. The predicted molar refractivity (Wildman–Crippen MR) is 109 cm³/mol. The van der Waals surface area contributed by atoms with Crippen molar-refractivity contribution in [1.29, 1.82) is 0 Å². The molecule has 0 aliphatic carbocycles. The first-order valence-electron chi connectivity index (χ1n) is 9.52. The maximum Gasteiger partial charge on any atom is 0.272 e. The van der Waals surface area contributed by atoms with E-state index in [4.69, 9.17) is 0 Å². The van der Waals surface area contributed by atoms with Gasteiger partial charge in [0.2, 0.25) is 0 Å². The number of nitrogens with zero attached hydrogens (tertiary/aromatic N) is 4. The molecule has 7 heteroatoms. The zero-order valence-electron chi connectivity index (χ0n) is 16.1. The van der Waals surface area contributed by atoms with E-state index in [1.807, 2.05) is 30.3 Å². The monoisotopic (exact) mass is 387 g/mol. The second-order valence-corrected chi connectivity index (χ2v) is 7.00. The minimum absolute atomic E-state index is 0.0487. The van der Waals surface area contributed by atoms with Crippen molar-refractivity contribution in [2.24, 2.45) is 0 Å². The highest BCUT2D eigenvalue weighted by Gasteiger charge is 2.30. The van der Waals surface area contributed by atoms with Crippen LogP contribution in [0.4, 0.5) is 5.69 Å². The van der Waals surface area contributed by atoms with E-state index in [0.29, 0.717) is 35.9 Å². The summed E-state index contributed by atoms with van der Waals surface area (Å²) in [6.45, 7) is 2.99. The standard InChI is InChI=1S/C22H21N5O2/c1-15-18(21(28)26-17-7-3-2-4-8-17)13-24-20(25-15)16-10-12-27(14-16)22(29)19-9-5-6-11-23-19/h2-9,11,13,16H,10,12,14H2,1H3,(H,26,28). The van der Waals surface area contributed by atoms with E-state index >= 15 is 0 Å². The molecule has 1 aromatic carbocycles. The normalized spacial score (nSPS) is 15.9. The molecule has 7 nitrogen and oxygen atoms in total. The van der Waals surface area contributed by atoms with Gasteiger partial charge in [-0.15, -0.1) is 0 Å². The Morgan fingerprint density at radius 3 is 2.59 bits per heavy atom. The van der Waals surface area contributed by atoms with Gasteiger partial charge >= 0.3 is 0 Å². The first-order chi connectivity index (χ1) is 14.1. The Morgan fingerprint density at radius 1 is 1.07 bits per heavy atom. The van der Waals surface area contributed by atoms with Crippen LogP contribution in [0.3, 0.4) is 0 Å². The number of nitrogens with one attached hydrogen (secondary N) is 1. The van der Waals surface area contributed by atoms with Gasteiger partial charge in [-0.2, -0.15) is 0 Å². The molecule has 1 fully saturated rings. The van der Waals surface area contributed by atoms with E-state index in [1.165, 1.54) is 0 Å². The third kappa shape index (κ3) is 4.13. The molecule has 146 valence electrons. The molecule has 1 saturated heterocycles. The predicted octanol–water partition coefficient (Wildman–Crippen LogP) is 3.06. The molecule has 1 aliphatic heterocycles. The number of rotatable bonds is 4. The van der Waals surface area contributed by atoms with Crippen molar-refractivity contribution < 1.29 is 9.59 Å². The summed E-state index contributed by atoms with van der Waals surface area (Å²) in [5.41, 5.74) is 2.23. The molecule has 2 amide bonds. The number of aryl methyl sites for hydroxylation is 1. The number of benzene rings is 1. The minimum Gasteiger partial charge on any atom is -0.337 e. The summed E-state index contributed by atoms with van der Waals surface area (Å²) in [5.74, 6) is 0.394. The maximum atomic E-state index is 12.6. The number of likely N-dealkylation sites (tertiary alicyclic amines) is 1. The number of hydrogen-bond donors (Lipinski definition) is 1. The van der Waals surface area contributed by atoms with Crippen LogP contribution in [0.15, 0.2) is 60.9 Å². The van der Waals surface area contributed by atoms with Crippen LogP contribution in [-0.2, 0) is 0 Å². The van der Waals surface area contributed by atoms with Gasteiger partial charge in [0, 0.05) is 37.1 Å². The second-order valence-electron chi connectivity index (χ2n) is 7.00. The van der Waals surface area contributed by atoms with Crippen molar-refractivity contribution in [2.45, 2.75) is 19.3 Å². The first kappa shape index (κ1) is 18.7. The minimum atomic E-state index is -0.237. The highest BCUT2D eigenvalue weighted by Crippen LogP contribution is 2.26. The van der Waals surface area contributed by atoms with E-state index in [-0.39, 0.29) is 17.7 Å². The molecule has 0 spiro atoms. The summed E-state index contributed by atoms with van der Waals surface area (Å²) in [4.78, 5) is 40.0. The van der Waals surface area contributed by atoms with Gasteiger partial charge in [0.05, 0.1) is 11.3 Å². The van der Waals surface area contributed by atoms with Crippen LogP contribution in [0, 0.1) is 6.92 Å². The van der Waals surface area contributed by atoms with Gasteiger partial charge in [0.15, 0.2) is 0 Å². The lowest BCUT2D eigenvalue weighted by atomic mass is 10.1. The Labute approximate surface area is 168 Å².